The van der Waals surface area contributed by atoms with Crippen molar-refractivity contribution in [2.45, 2.75) is 19.6 Å². The lowest BCUT2D eigenvalue weighted by Crippen LogP contribution is -2.17. The molecule has 0 aliphatic heterocycles. The van der Waals surface area contributed by atoms with Gasteiger partial charge < -0.3 is 10.1 Å². The zero-order chi connectivity index (χ0) is 13.3. The molecule has 0 bridgehead atoms. The smallest absolute Gasteiger partial charge is 0.0716 e. The third kappa shape index (κ3) is 4.47. The van der Waals surface area contributed by atoms with E-state index < -0.39 is 0 Å². The normalized spacial score (nSPS) is 10.6. The molecule has 1 N–H and O–H groups in total. The fraction of sp³-hybridized carbons (Fsp3) is 0.312. The van der Waals surface area contributed by atoms with Crippen LogP contribution in [0.2, 0.25) is 0 Å². The molecule has 0 amide bonds. The quantitative estimate of drug-likeness (QED) is 0.773. The van der Waals surface area contributed by atoms with Crippen molar-refractivity contribution >= 4 is 0 Å². The number of rotatable bonds is 7. The zero-order valence-corrected chi connectivity index (χ0v) is 11.3. The van der Waals surface area contributed by atoms with E-state index in [-0.39, 0.29) is 0 Å². The summed E-state index contributed by atoms with van der Waals surface area (Å²) in [5, 5.41) is 3.47. The standard InChI is InChI=1S/C16H20N2O/c1-19-13-16-7-3-2-6-15(16)12-18-10-8-14-5-4-9-17-11-14/h2-7,9,11,18H,8,10,12-13H2,1H3. The molecule has 1 aromatic heterocycles. The fourth-order valence-corrected chi connectivity index (χ4v) is 2.03. The van der Waals surface area contributed by atoms with Crippen molar-refractivity contribution in [1.82, 2.24) is 10.3 Å². The second-order valence-electron chi connectivity index (χ2n) is 4.49. The SMILES string of the molecule is COCc1ccccc1CNCCc1cccnc1. The largest absolute Gasteiger partial charge is 0.380 e. The first-order chi connectivity index (χ1) is 9.40. The van der Waals surface area contributed by atoms with Gasteiger partial charge in [0.2, 0.25) is 0 Å². The average molecular weight is 256 g/mol. The Morgan fingerprint density at radius 3 is 2.68 bits per heavy atom. The molecule has 3 nitrogen and oxygen atoms in total. The van der Waals surface area contributed by atoms with Gasteiger partial charge in [0, 0.05) is 26.0 Å². The molecule has 0 spiro atoms. The number of hydrogen-bond acceptors (Lipinski definition) is 3. The third-order valence-electron chi connectivity index (χ3n) is 3.05. The van der Waals surface area contributed by atoms with Crippen LogP contribution in [0.25, 0.3) is 0 Å². The molecule has 0 saturated heterocycles. The van der Waals surface area contributed by atoms with Gasteiger partial charge in [-0.05, 0) is 35.7 Å². The van der Waals surface area contributed by atoms with Gasteiger partial charge in [-0.1, -0.05) is 30.3 Å². The molecule has 0 atom stereocenters. The molecule has 3 heteroatoms. The van der Waals surface area contributed by atoms with Crippen molar-refractivity contribution < 1.29 is 4.74 Å². The minimum absolute atomic E-state index is 0.667. The minimum Gasteiger partial charge on any atom is -0.380 e. The van der Waals surface area contributed by atoms with Crippen LogP contribution in [0.4, 0.5) is 0 Å². The van der Waals surface area contributed by atoms with Gasteiger partial charge in [-0.2, -0.15) is 0 Å². The molecule has 0 aliphatic rings. The van der Waals surface area contributed by atoms with E-state index in [1.54, 1.807) is 13.3 Å². The molecular weight excluding hydrogens is 236 g/mol. The maximum Gasteiger partial charge on any atom is 0.0716 e. The summed E-state index contributed by atoms with van der Waals surface area (Å²) >= 11 is 0. The molecule has 1 heterocycles. The lowest BCUT2D eigenvalue weighted by molar-refractivity contribution is 0.184. The van der Waals surface area contributed by atoms with Crippen molar-refractivity contribution in [2.24, 2.45) is 0 Å². The first-order valence-corrected chi connectivity index (χ1v) is 6.55. The van der Waals surface area contributed by atoms with Crippen LogP contribution in [0.5, 0.6) is 0 Å². The summed E-state index contributed by atoms with van der Waals surface area (Å²) in [7, 11) is 1.73. The Hall–Kier alpha value is -1.71. The average Bonchev–Trinajstić information content (AvgIpc) is 2.47. The highest BCUT2D eigenvalue weighted by molar-refractivity contribution is 5.26. The van der Waals surface area contributed by atoms with Crippen LogP contribution in [0.15, 0.2) is 48.8 Å². The maximum absolute atomic E-state index is 5.21. The highest BCUT2D eigenvalue weighted by atomic mass is 16.5. The Morgan fingerprint density at radius 1 is 1.11 bits per heavy atom. The molecule has 0 fully saturated rings. The van der Waals surface area contributed by atoms with Gasteiger partial charge in [0.15, 0.2) is 0 Å². The summed E-state index contributed by atoms with van der Waals surface area (Å²) in [5.41, 5.74) is 3.81. The summed E-state index contributed by atoms with van der Waals surface area (Å²) in [6.45, 7) is 2.49. The van der Waals surface area contributed by atoms with Gasteiger partial charge in [-0.3, -0.25) is 4.98 Å². The lowest BCUT2D eigenvalue weighted by Gasteiger charge is -2.10. The minimum atomic E-state index is 0.667. The zero-order valence-electron chi connectivity index (χ0n) is 11.3. The van der Waals surface area contributed by atoms with E-state index in [9.17, 15) is 0 Å². The van der Waals surface area contributed by atoms with Crippen molar-refractivity contribution in [2.75, 3.05) is 13.7 Å². The van der Waals surface area contributed by atoms with Crippen molar-refractivity contribution in [3.63, 3.8) is 0 Å². The summed E-state index contributed by atoms with van der Waals surface area (Å²) in [5.74, 6) is 0. The number of benzene rings is 1. The van der Waals surface area contributed by atoms with Gasteiger partial charge >= 0.3 is 0 Å². The van der Waals surface area contributed by atoms with Crippen LogP contribution < -0.4 is 5.32 Å². The van der Waals surface area contributed by atoms with Crippen molar-refractivity contribution in [3.05, 3.63) is 65.5 Å². The van der Waals surface area contributed by atoms with Gasteiger partial charge in [0.05, 0.1) is 6.61 Å². The molecule has 0 radical (unpaired) electrons. The molecular formula is C16H20N2O. The second kappa shape index (κ2) is 7.67. The number of hydrogen-bond donors (Lipinski definition) is 1. The van der Waals surface area contributed by atoms with E-state index in [1.807, 2.05) is 18.3 Å². The second-order valence-corrected chi connectivity index (χ2v) is 4.49. The van der Waals surface area contributed by atoms with Crippen LogP contribution in [0.3, 0.4) is 0 Å². The van der Waals surface area contributed by atoms with E-state index in [0.717, 1.165) is 19.5 Å². The van der Waals surface area contributed by atoms with Crippen LogP contribution in [0.1, 0.15) is 16.7 Å². The van der Waals surface area contributed by atoms with E-state index in [0.29, 0.717) is 6.61 Å². The summed E-state index contributed by atoms with van der Waals surface area (Å²) in [6, 6.07) is 12.5. The van der Waals surface area contributed by atoms with Gasteiger partial charge in [0.25, 0.3) is 0 Å². The van der Waals surface area contributed by atoms with E-state index in [4.69, 9.17) is 4.74 Å². The van der Waals surface area contributed by atoms with E-state index in [1.165, 1.54) is 16.7 Å². The van der Waals surface area contributed by atoms with Gasteiger partial charge in [0.1, 0.15) is 0 Å². The van der Waals surface area contributed by atoms with Crippen LogP contribution >= 0.6 is 0 Å². The van der Waals surface area contributed by atoms with Crippen LogP contribution in [0, 0.1) is 0 Å². The lowest BCUT2D eigenvalue weighted by atomic mass is 10.1. The van der Waals surface area contributed by atoms with Crippen molar-refractivity contribution in [3.8, 4) is 0 Å². The number of methoxy groups -OCH3 is 1. The maximum atomic E-state index is 5.21. The molecule has 1 aromatic carbocycles. The van der Waals surface area contributed by atoms with E-state index in [2.05, 4.69) is 34.6 Å². The molecule has 0 unspecified atom stereocenters. The third-order valence-corrected chi connectivity index (χ3v) is 3.05. The number of ether oxygens (including phenoxy) is 1. The first-order valence-electron chi connectivity index (χ1n) is 6.55. The van der Waals surface area contributed by atoms with Gasteiger partial charge in [-0.15, -0.1) is 0 Å². The Bertz CT molecular complexity index is 485. The molecule has 19 heavy (non-hydrogen) atoms. The predicted octanol–water partition coefficient (Wildman–Crippen LogP) is 2.56. The van der Waals surface area contributed by atoms with Crippen LogP contribution in [-0.2, 0) is 24.3 Å². The Balaban J connectivity index is 1.79. The van der Waals surface area contributed by atoms with Crippen LogP contribution in [-0.4, -0.2) is 18.6 Å². The topological polar surface area (TPSA) is 34.1 Å². The fourth-order valence-electron chi connectivity index (χ4n) is 2.03. The number of aromatic nitrogens is 1. The number of pyridine rings is 1. The number of nitrogens with zero attached hydrogens (tertiary/aromatic N) is 1. The molecule has 0 aliphatic carbocycles. The van der Waals surface area contributed by atoms with Crippen molar-refractivity contribution in [1.29, 1.82) is 0 Å². The Labute approximate surface area is 114 Å². The highest BCUT2D eigenvalue weighted by Gasteiger charge is 2.00. The number of nitrogens with one attached hydrogen (secondary N) is 1. The summed E-state index contributed by atoms with van der Waals surface area (Å²) in [6.07, 6.45) is 4.72. The Kier molecular flexibility index (Phi) is 5.53. The van der Waals surface area contributed by atoms with E-state index >= 15 is 0 Å². The summed E-state index contributed by atoms with van der Waals surface area (Å²) < 4.78 is 5.21. The summed E-state index contributed by atoms with van der Waals surface area (Å²) in [4.78, 5) is 4.12. The molecule has 0 saturated carbocycles. The molecule has 2 rings (SSSR count). The monoisotopic (exact) mass is 256 g/mol. The van der Waals surface area contributed by atoms with Gasteiger partial charge in [-0.25, -0.2) is 0 Å². The first kappa shape index (κ1) is 13.7. The molecule has 100 valence electrons. The predicted molar refractivity (Wildman–Crippen MR) is 76.8 cm³/mol. The Morgan fingerprint density at radius 2 is 1.95 bits per heavy atom. The highest BCUT2D eigenvalue weighted by Crippen LogP contribution is 2.09. The molecule has 2 aromatic rings.